The minimum Gasteiger partial charge on any atom is -0.411 e. The van der Waals surface area contributed by atoms with E-state index >= 15 is 0 Å². The normalized spacial score (nSPS) is 12.4. The summed E-state index contributed by atoms with van der Waals surface area (Å²) < 4.78 is 39.8. The summed E-state index contributed by atoms with van der Waals surface area (Å²) in [6.45, 7) is 3.05. The first-order chi connectivity index (χ1) is 9.83. The molecule has 21 heavy (non-hydrogen) atoms. The van der Waals surface area contributed by atoms with Gasteiger partial charge in [-0.2, -0.15) is 0 Å². The standard InChI is InChI=1S/C12H12FN3O3S2/c1-7-5-9(13)3-4-11(7)21(18,19)16-12-14-10(6-20-12)8(2)15-17/h3-6,17H,1-2H3,(H,14,16). The van der Waals surface area contributed by atoms with E-state index in [2.05, 4.69) is 14.9 Å². The zero-order chi connectivity index (χ0) is 15.6. The van der Waals surface area contributed by atoms with Crippen LogP contribution in [0.1, 0.15) is 18.2 Å². The number of nitrogens with one attached hydrogen (secondary N) is 1. The van der Waals surface area contributed by atoms with Crippen LogP contribution < -0.4 is 4.72 Å². The maximum atomic E-state index is 13.0. The molecule has 0 aliphatic carbocycles. The molecule has 0 fully saturated rings. The van der Waals surface area contributed by atoms with Crippen molar-refractivity contribution in [3.05, 3.63) is 40.7 Å². The molecule has 2 rings (SSSR count). The first-order valence-electron chi connectivity index (χ1n) is 5.77. The topological polar surface area (TPSA) is 91.7 Å². The Hall–Kier alpha value is -2.00. The molecule has 112 valence electrons. The maximum Gasteiger partial charge on any atom is 0.263 e. The monoisotopic (exact) mass is 329 g/mol. The summed E-state index contributed by atoms with van der Waals surface area (Å²) in [5.41, 5.74) is 0.943. The van der Waals surface area contributed by atoms with E-state index in [4.69, 9.17) is 5.21 Å². The molecule has 0 amide bonds. The van der Waals surface area contributed by atoms with Crippen LogP contribution >= 0.6 is 11.3 Å². The molecule has 6 nitrogen and oxygen atoms in total. The van der Waals surface area contributed by atoms with Crippen LogP contribution in [0.3, 0.4) is 0 Å². The van der Waals surface area contributed by atoms with Crippen molar-refractivity contribution in [2.75, 3.05) is 4.72 Å². The molecule has 1 aromatic heterocycles. The molecule has 0 radical (unpaired) electrons. The van der Waals surface area contributed by atoms with Crippen molar-refractivity contribution < 1.29 is 18.0 Å². The number of anilines is 1. The summed E-state index contributed by atoms with van der Waals surface area (Å²) >= 11 is 1.06. The number of sulfonamides is 1. The SMILES string of the molecule is CC(=NO)c1csc(NS(=O)(=O)c2ccc(F)cc2C)n1. The fraction of sp³-hybridized carbons (Fsp3) is 0.167. The Morgan fingerprint density at radius 3 is 2.81 bits per heavy atom. The van der Waals surface area contributed by atoms with Crippen molar-refractivity contribution in [3.8, 4) is 0 Å². The molecule has 0 atom stereocenters. The van der Waals surface area contributed by atoms with Gasteiger partial charge in [0.1, 0.15) is 17.2 Å². The molecular weight excluding hydrogens is 317 g/mol. The average molecular weight is 329 g/mol. The van der Waals surface area contributed by atoms with Gasteiger partial charge in [-0.05, 0) is 37.6 Å². The van der Waals surface area contributed by atoms with Gasteiger partial charge < -0.3 is 5.21 Å². The lowest BCUT2D eigenvalue weighted by Gasteiger charge is -2.08. The number of thiazole rings is 1. The van der Waals surface area contributed by atoms with Crippen LogP contribution in [0.15, 0.2) is 33.6 Å². The number of aryl methyl sites for hydroxylation is 1. The second-order valence-electron chi connectivity index (χ2n) is 4.24. The lowest BCUT2D eigenvalue weighted by Crippen LogP contribution is -2.14. The van der Waals surface area contributed by atoms with Crippen molar-refractivity contribution in [2.24, 2.45) is 5.16 Å². The summed E-state index contributed by atoms with van der Waals surface area (Å²) in [4.78, 5) is 3.98. The number of hydrogen-bond donors (Lipinski definition) is 2. The van der Waals surface area contributed by atoms with Gasteiger partial charge in [0.15, 0.2) is 5.13 Å². The number of rotatable bonds is 4. The minimum absolute atomic E-state index is 0.0202. The van der Waals surface area contributed by atoms with E-state index < -0.39 is 15.8 Å². The fourth-order valence-corrected chi connectivity index (χ4v) is 3.86. The molecule has 0 saturated heterocycles. The Kier molecular flexibility index (Phi) is 4.24. The Balaban J connectivity index is 2.31. The predicted molar refractivity (Wildman–Crippen MR) is 78.1 cm³/mol. The van der Waals surface area contributed by atoms with Gasteiger partial charge >= 0.3 is 0 Å². The molecule has 0 spiro atoms. The first-order valence-corrected chi connectivity index (χ1v) is 8.13. The van der Waals surface area contributed by atoms with E-state index in [9.17, 15) is 12.8 Å². The van der Waals surface area contributed by atoms with Crippen LogP contribution in [-0.2, 0) is 10.0 Å². The molecule has 0 aliphatic rings. The summed E-state index contributed by atoms with van der Waals surface area (Å²) in [5, 5.41) is 13.3. The minimum atomic E-state index is -3.85. The lowest BCUT2D eigenvalue weighted by atomic mass is 10.2. The van der Waals surface area contributed by atoms with Gasteiger partial charge in [-0.1, -0.05) is 5.16 Å². The van der Waals surface area contributed by atoms with Gasteiger partial charge in [-0.25, -0.2) is 17.8 Å². The van der Waals surface area contributed by atoms with Crippen molar-refractivity contribution in [1.82, 2.24) is 4.98 Å². The largest absolute Gasteiger partial charge is 0.411 e. The Labute approximate surface area is 125 Å². The molecule has 2 aromatic rings. The second kappa shape index (κ2) is 5.78. The highest BCUT2D eigenvalue weighted by atomic mass is 32.2. The Morgan fingerprint density at radius 1 is 1.48 bits per heavy atom. The van der Waals surface area contributed by atoms with Crippen LogP contribution in [0.2, 0.25) is 0 Å². The lowest BCUT2D eigenvalue weighted by molar-refractivity contribution is 0.319. The van der Waals surface area contributed by atoms with E-state index in [1.54, 1.807) is 5.38 Å². The van der Waals surface area contributed by atoms with Gasteiger partial charge in [0.05, 0.1) is 4.90 Å². The number of halogens is 1. The summed E-state index contributed by atoms with van der Waals surface area (Å²) in [5.74, 6) is -0.502. The number of nitrogens with zero attached hydrogens (tertiary/aromatic N) is 2. The highest BCUT2D eigenvalue weighted by molar-refractivity contribution is 7.93. The van der Waals surface area contributed by atoms with Crippen LogP contribution in [-0.4, -0.2) is 24.3 Å². The van der Waals surface area contributed by atoms with Gasteiger partial charge in [0.25, 0.3) is 10.0 Å². The fourth-order valence-electron chi connectivity index (χ4n) is 1.62. The number of aromatic nitrogens is 1. The highest BCUT2D eigenvalue weighted by Gasteiger charge is 2.19. The van der Waals surface area contributed by atoms with Crippen molar-refractivity contribution in [1.29, 1.82) is 0 Å². The molecule has 1 aromatic carbocycles. The number of oxime groups is 1. The number of benzene rings is 1. The molecular formula is C12H12FN3O3S2. The third kappa shape index (κ3) is 3.37. The van der Waals surface area contributed by atoms with Crippen molar-refractivity contribution in [3.63, 3.8) is 0 Å². The van der Waals surface area contributed by atoms with Gasteiger partial charge in [0, 0.05) is 5.38 Å². The molecule has 9 heteroatoms. The average Bonchev–Trinajstić information content (AvgIpc) is 2.85. The number of hydrogen-bond acceptors (Lipinski definition) is 6. The van der Waals surface area contributed by atoms with Crippen LogP contribution in [0.4, 0.5) is 9.52 Å². The van der Waals surface area contributed by atoms with E-state index in [0.29, 0.717) is 11.3 Å². The summed E-state index contributed by atoms with van der Waals surface area (Å²) in [6.07, 6.45) is 0. The zero-order valence-electron chi connectivity index (χ0n) is 11.2. The third-order valence-corrected chi connectivity index (χ3v) is 5.06. The van der Waals surface area contributed by atoms with Crippen molar-refractivity contribution >= 4 is 32.2 Å². The van der Waals surface area contributed by atoms with Crippen LogP contribution in [0.5, 0.6) is 0 Å². The molecule has 0 bridgehead atoms. The molecule has 2 N–H and O–H groups in total. The second-order valence-corrected chi connectivity index (χ2v) is 6.75. The van der Waals surface area contributed by atoms with E-state index in [0.717, 1.165) is 23.5 Å². The van der Waals surface area contributed by atoms with E-state index in [1.165, 1.54) is 19.9 Å². The van der Waals surface area contributed by atoms with Crippen molar-refractivity contribution in [2.45, 2.75) is 18.7 Å². The molecule has 1 heterocycles. The quantitative estimate of drug-likeness (QED) is 0.512. The van der Waals surface area contributed by atoms with E-state index in [1.807, 2.05) is 0 Å². The third-order valence-electron chi connectivity index (χ3n) is 2.67. The zero-order valence-corrected chi connectivity index (χ0v) is 12.8. The Morgan fingerprint density at radius 2 is 2.19 bits per heavy atom. The van der Waals surface area contributed by atoms with Gasteiger partial charge in [-0.15, -0.1) is 11.3 Å². The highest BCUT2D eigenvalue weighted by Crippen LogP contribution is 2.22. The van der Waals surface area contributed by atoms with E-state index in [-0.39, 0.29) is 15.7 Å². The van der Waals surface area contributed by atoms with Crippen LogP contribution in [0, 0.1) is 12.7 Å². The molecule has 0 saturated carbocycles. The smallest absolute Gasteiger partial charge is 0.263 e. The Bertz CT molecular complexity index is 800. The molecule has 0 unspecified atom stereocenters. The maximum absolute atomic E-state index is 13.0. The predicted octanol–water partition coefficient (Wildman–Crippen LogP) is 2.59. The summed E-state index contributed by atoms with van der Waals surface area (Å²) in [7, 11) is -3.85. The van der Waals surface area contributed by atoms with Gasteiger partial charge in [0.2, 0.25) is 0 Å². The summed E-state index contributed by atoms with van der Waals surface area (Å²) in [6, 6.07) is 3.42. The molecule has 0 aliphatic heterocycles. The first kappa shape index (κ1) is 15.4. The van der Waals surface area contributed by atoms with Crippen LogP contribution in [0.25, 0.3) is 0 Å². The van der Waals surface area contributed by atoms with Gasteiger partial charge in [-0.3, -0.25) is 4.72 Å².